The summed E-state index contributed by atoms with van der Waals surface area (Å²) in [5.41, 5.74) is 2.09. The molecule has 3 aromatic heterocycles. The van der Waals surface area contributed by atoms with Gasteiger partial charge in [-0.3, -0.25) is 10.1 Å². The molecule has 164 valence electrons. The van der Waals surface area contributed by atoms with Gasteiger partial charge in [-0.1, -0.05) is 29.5 Å². The van der Waals surface area contributed by atoms with Gasteiger partial charge in [0.05, 0.1) is 15.3 Å². The number of hydrogen-bond donors (Lipinski definition) is 1. The van der Waals surface area contributed by atoms with E-state index >= 15 is 0 Å². The van der Waals surface area contributed by atoms with Crippen LogP contribution in [0.4, 0.5) is 11.5 Å². The Bertz CT molecular complexity index is 1430. The fourth-order valence-corrected chi connectivity index (χ4v) is 4.20. The third-order valence-electron chi connectivity index (χ3n) is 4.94. The largest absolute Gasteiger partial charge is 0.345 e. The zero-order chi connectivity index (χ0) is 22.8. The smallest absolute Gasteiger partial charge is 0.283 e. The van der Waals surface area contributed by atoms with E-state index in [1.54, 1.807) is 34.9 Å². The van der Waals surface area contributed by atoms with Crippen LogP contribution in [-0.4, -0.2) is 39.7 Å². The summed E-state index contributed by atoms with van der Waals surface area (Å²) in [5.74, 6) is 0.599. The molecule has 5 aromatic rings. The van der Waals surface area contributed by atoms with Crippen LogP contribution in [0, 0.1) is 10.1 Å². The van der Waals surface area contributed by atoms with Crippen LogP contribution < -0.4 is 5.32 Å². The number of rotatable bonds is 7. The maximum absolute atomic E-state index is 11.9. The number of nitrogens with one attached hydrogen (secondary N) is 1. The molecule has 0 saturated heterocycles. The second kappa shape index (κ2) is 8.67. The van der Waals surface area contributed by atoms with E-state index in [2.05, 4.69) is 30.8 Å². The molecule has 2 aromatic carbocycles. The van der Waals surface area contributed by atoms with Crippen LogP contribution in [0.1, 0.15) is 11.7 Å². The van der Waals surface area contributed by atoms with Crippen molar-refractivity contribution in [2.45, 2.75) is 16.2 Å². The van der Waals surface area contributed by atoms with Gasteiger partial charge in [0, 0.05) is 24.9 Å². The Kier molecular flexibility index (Phi) is 5.40. The van der Waals surface area contributed by atoms with Gasteiger partial charge in [-0.2, -0.15) is 0 Å². The monoisotopic (exact) mass is 459 g/mol. The molecule has 3 heterocycles. The Labute approximate surface area is 191 Å². The lowest BCUT2D eigenvalue weighted by molar-refractivity contribution is -0.387. The minimum absolute atomic E-state index is 0.0438. The molecule has 0 saturated carbocycles. The molecule has 33 heavy (non-hydrogen) atoms. The van der Waals surface area contributed by atoms with Crippen LogP contribution in [0.2, 0.25) is 0 Å². The summed E-state index contributed by atoms with van der Waals surface area (Å²) in [6.45, 7) is 0. The molecule has 0 bridgehead atoms. The number of fused-ring (bicyclic) bond motifs is 1. The number of para-hydroxylation sites is 1. The van der Waals surface area contributed by atoms with E-state index in [4.69, 9.17) is 0 Å². The van der Waals surface area contributed by atoms with Crippen molar-refractivity contribution in [3.63, 3.8) is 0 Å². The van der Waals surface area contributed by atoms with Crippen molar-refractivity contribution in [3.05, 3.63) is 88.9 Å². The number of hydrogen-bond acceptors (Lipinski definition) is 9. The maximum atomic E-state index is 11.9. The molecule has 0 spiro atoms. The summed E-state index contributed by atoms with van der Waals surface area (Å²) < 4.78 is 3.40. The summed E-state index contributed by atoms with van der Waals surface area (Å²) >= 11 is 1.18. The number of benzene rings is 2. The van der Waals surface area contributed by atoms with E-state index in [0.29, 0.717) is 26.9 Å². The Balaban J connectivity index is 1.60. The number of nitro benzene ring substituents is 1. The lowest BCUT2D eigenvalue weighted by Crippen LogP contribution is -2.21. The van der Waals surface area contributed by atoms with Gasteiger partial charge in [-0.25, -0.2) is 9.67 Å². The normalized spacial score (nSPS) is 12.0. The van der Waals surface area contributed by atoms with Crippen molar-refractivity contribution < 1.29 is 4.92 Å². The second-order valence-corrected chi connectivity index (χ2v) is 8.10. The van der Waals surface area contributed by atoms with Gasteiger partial charge >= 0.3 is 0 Å². The molecule has 0 aliphatic carbocycles. The quantitative estimate of drug-likeness (QED) is 0.286. The van der Waals surface area contributed by atoms with Gasteiger partial charge in [-0.15, -0.1) is 15.3 Å². The topological polar surface area (TPSA) is 129 Å². The second-order valence-electron chi connectivity index (χ2n) is 7.10. The minimum Gasteiger partial charge on any atom is -0.345 e. The van der Waals surface area contributed by atoms with Crippen LogP contribution in [0.15, 0.2) is 83.2 Å². The molecule has 5 rings (SSSR count). The molecule has 0 fully saturated rings. The lowest BCUT2D eigenvalue weighted by Gasteiger charge is -2.21. The van der Waals surface area contributed by atoms with Gasteiger partial charge in [-0.05, 0) is 42.1 Å². The summed E-state index contributed by atoms with van der Waals surface area (Å²) in [5, 5.41) is 32.2. The highest BCUT2D eigenvalue weighted by atomic mass is 32.2. The van der Waals surface area contributed by atoms with Gasteiger partial charge < -0.3 is 9.88 Å². The van der Waals surface area contributed by atoms with Crippen molar-refractivity contribution in [1.29, 1.82) is 0 Å². The Morgan fingerprint density at radius 1 is 1.09 bits per heavy atom. The molecule has 11 nitrogen and oxygen atoms in total. The summed E-state index contributed by atoms with van der Waals surface area (Å²) in [4.78, 5) is 16.3. The fraction of sp³-hybridized carbons (Fsp3) is 0.0952. The van der Waals surface area contributed by atoms with Crippen molar-refractivity contribution in [2.24, 2.45) is 7.05 Å². The summed E-state index contributed by atoms with van der Waals surface area (Å²) in [6, 6.07) is 18.1. The highest BCUT2D eigenvalue weighted by Crippen LogP contribution is 2.36. The highest BCUT2D eigenvalue weighted by molar-refractivity contribution is 7.99. The van der Waals surface area contributed by atoms with E-state index in [9.17, 15) is 10.1 Å². The first kappa shape index (κ1) is 20.6. The Morgan fingerprint density at radius 2 is 1.94 bits per heavy atom. The van der Waals surface area contributed by atoms with Crippen molar-refractivity contribution in [1.82, 2.24) is 34.7 Å². The number of nitro groups is 1. The first-order valence-electron chi connectivity index (χ1n) is 9.88. The molecular formula is C21H17N9O2S. The van der Waals surface area contributed by atoms with E-state index in [1.807, 2.05) is 48.5 Å². The molecule has 0 unspecified atom stereocenters. The Hall–Kier alpha value is -4.32. The minimum atomic E-state index is -0.583. The van der Waals surface area contributed by atoms with Crippen molar-refractivity contribution >= 4 is 34.3 Å². The molecule has 0 aliphatic heterocycles. The molecule has 1 atom stereocenters. The molecule has 1 N–H and O–H groups in total. The number of aryl methyl sites for hydroxylation is 1. The third kappa shape index (κ3) is 4.11. The number of pyridine rings is 1. The molecular weight excluding hydrogens is 442 g/mol. The van der Waals surface area contributed by atoms with Crippen LogP contribution >= 0.6 is 11.8 Å². The number of aromatic nitrogens is 7. The van der Waals surface area contributed by atoms with Crippen molar-refractivity contribution in [2.75, 3.05) is 5.32 Å². The highest BCUT2D eigenvalue weighted by Gasteiger charge is 2.24. The zero-order valence-corrected chi connectivity index (χ0v) is 18.1. The Morgan fingerprint density at radius 3 is 2.70 bits per heavy atom. The maximum Gasteiger partial charge on any atom is 0.283 e. The fourth-order valence-electron chi connectivity index (χ4n) is 3.35. The van der Waals surface area contributed by atoms with E-state index in [1.165, 1.54) is 17.8 Å². The van der Waals surface area contributed by atoms with Crippen LogP contribution in [-0.2, 0) is 7.05 Å². The third-order valence-corrected chi connectivity index (χ3v) is 6.06. The first-order chi connectivity index (χ1) is 16.1. The van der Waals surface area contributed by atoms with E-state index in [-0.39, 0.29) is 5.69 Å². The van der Waals surface area contributed by atoms with Crippen LogP contribution in [0.5, 0.6) is 0 Å². The molecule has 12 heteroatoms. The average molecular weight is 459 g/mol. The van der Waals surface area contributed by atoms with Gasteiger partial charge in [0.1, 0.15) is 23.8 Å². The SMILES string of the molecule is Cn1cnnc1Sc1ccc([C@@H](Nc2ccccn2)n2nnc3ccccc32)cc1[N+](=O)[O-]. The number of nitrogens with zero attached hydrogens (tertiary/aromatic N) is 8. The predicted octanol–water partition coefficient (Wildman–Crippen LogP) is 3.67. The predicted molar refractivity (Wildman–Crippen MR) is 122 cm³/mol. The first-order valence-corrected chi connectivity index (χ1v) is 10.7. The van der Waals surface area contributed by atoms with E-state index < -0.39 is 11.1 Å². The zero-order valence-electron chi connectivity index (χ0n) is 17.3. The number of anilines is 1. The van der Waals surface area contributed by atoms with Crippen LogP contribution in [0.3, 0.4) is 0 Å². The summed E-state index contributed by atoms with van der Waals surface area (Å²) in [7, 11) is 1.78. The molecule has 0 radical (unpaired) electrons. The molecule has 0 aliphatic rings. The molecule has 0 amide bonds. The average Bonchev–Trinajstić information content (AvgIpc) is 3.44. The van der Waals surface area contributed by atoms with Gasteiger partial charge in [0.15, 0.2) is 5.16 Å². The van der Waals surface area contributed by atoms with Gasteiger partial charge in [0.25, 0.3) is 5.69 Å². The summed E-state index contributed by atoms with van der Waals surface area (Å²) in [6.07, 6.45) is 2.63. The van der Waals surface area contributed by atoms with Gasteiger partial charge in [0.2, 0.25) is 0 Å². The van der Waals surface area contributed by atoms with E-state index in [0.717, 1.165) is 5.52 Å². The van der Waals surface area contributed by atoms with Crippen molar-refractivity contribution in [3.8, 4) is 0 Å². The van der Waals surface area contributed by atoms with Crippen LogP contribution in [0.25, 0.3) is 11.0 Å². The lowest BCUT2D eigenvalue weighted by atomic mass is 10.1. The standard InChI is InChI=1S/C21H17N9O2S/c1-28-13-23-26-21(28)33-18-10-9-14(12-17(18)30(31)32)20(24-19-8-4-5-11-22-19)29-16-7-3-2-6-15(16)25-27-29/h2-13,20H,1H3,(H,22,24)/t20-/m0/s1.